The molecular formula is C18H14F6IN3O. The zero-order valence-electron chi connectivity index (χ0n) is 14.4. The van der Waals surface area contributed by atoms with Crippen molar-refractivity contribution in [2.75, 3.05) is 11.9 Å². The van der Waals surface area contributed by atoms with Crippen molar-refractivity contribution in [2.24, 2.45) is 10.7 Å². The maximum absolute atomic E-state index is 12.6. The van der Waals surface area contributed by atoms with Crippen molar-refractivity contribution in [3.8, 4) is 17.6 Å². The summed E-state index contributed by atoms with van der Waals surface area (Å²) in [6.45, 7) is -0.0929. The number of nitrogens with one attached hydrogen (secondary N) is 1. The van der Waals surface area contributed by atoms with Crippen LogP contribution in [0, 0.1) is 11.8 Å². The molecule has 0 aliphatic heterocycles. The predicted octanol–water partition coefficient (Wildman–Crippen LogP) is 5.00. The first-order valence-electron chi connectivity index (χ1n) is 7.62. The summed E-state index contributed by atoms with van der Waals surface area (Å²) in [5.41, 5.74) is 5.35. The van der Waals surface area contributed by atoms with Gasteiger partial charge in [0.05, 0.1) is 5.56 Å². The predicted molar refractivity (Wildman–Crippen MR) is 107 cm³/mol. The lowest BCUT2D eigenvalue weighted by Gasteiger charge is -2.10. The lowest BCUT2D eigenvalue weighted by Crippen LogP contribution is -2.22. The summed E-state index contributed by atoms with van der Waals surface area (Å²) >= 11 is 0. The highest BCUT2D eigenvalue weighted by Gasteiger charge is 2.31. The van der Waals surface area contributed by atoms with Crippen molar-refractivity contribution in [1.82, 2.24) is 0 Å². The number of benzene rings is 2. The first-order valence-corrected chi connectivity index (χ1v) is 7.62. The van der Waals surface area contributed by atoms with E-state index < -0.39 is 18.1 Å². The number of ether oxygens (including phenoxy) is 1. The molecule has 0 heterocycles. The SMILES string of the molecule is I.NC(=NCC#Cc1cccc(C(F)(F)F)c1)Nc1ccc(OC(F)(F)F)cc1. The van der Waals surface area contributed by atoms with E-state index in [1.165, 1.54) is 24.3 Å². The van der Waals surface area contributed by atoms with Crippen LogP contribution in [0.3, 0.4) is 0 Å². The van der Waals surface area contributed by atoms with Crippen molar-refractivity contribution >= 4 is 35.6 Å². The van der Waals surface area contributed by atoms with Gasteiger partial charge in [-0.25, -0.2) is 4.99 Å². The van der Waals surface area contributed by atoms with E-state index in [-0.39, 0.29) is 47.8 Å². The van der Waals surface area contributed by atoms with E-state index in [4.69, 9.17) is 5.73 Å². The molecule has 0 spiro atoms. The highest BCUT2D eigenvalue weighted by Crippen LogP contribution is 2.29. The van der Waals surface area contributed by atoms with Crippen LogP contribution >= 0.6 is 24.0 Å². The number of alkyl halides is 6. The molecule has 29 heavy (non-hydrogen) atoms. The van der Waals surface area contributed by atoms with Crippen molar-refractivity contribution < 1.29 is 31.1 Å². The van der Waals surface area contributed by atoms with E-state index in [1.54, 1.807) is 0 Å². The Bertz CT molecular complexity index is 899. The molecule has 11 heteroatoms. The van der Waals surface area contributed by atoms with Gasteiger partial charge in [-0.05, 0) is 42.5 Å². The third-order valence-corrected chi connectivity index (χ3v) is 3.11. The largest absolute Gasteiger partial charge is 0.573 e. The molecule has 0 aliphatic rings. The molecule has 0 unspecified atom stereocenters. The Hall–Kier alpha value is -2.62. The molecule has 0 fully saturated rings. The fourth-order valence-electron chi connectivity index (χ4n) is 1.97. The topological polar surface area (TPSA) is 59.6 Å². The van der Waals surface area contributed by atoms with Crippen LogP contribution in [0.4, 0.5) is 32.0 Å². The van der Waals surface area contributed by atoms with Gasteiger partial charge in [0.15, 0.2) is 5.96 Å². The lowest BCUT2D eigenvalue weighted by atomic mass is 10.1. The van der Waals surface area contributed by atoms with Gasteiger partial charge in [0.25, 0.3) is 0 Å². The molecule has 0 saturated heterocycles. The van der Waals surface area contributed by atoms with Crippen LogP contribution in [0.5, 0.6) is 5.75 Å². The monoisotopic (exact) mass is 529 g/mol. The first kappa shape index (κ1) is 24.4. The summed E-state index contributed by atoms with van der Waals surface area (Å²) in [5, 5.41) is 2.63. The maximum atomic E-state index is 12.6. The minimum atomic E-state index is -4.78. The fraction of sp³-hybridized carbons (Fsp3) is 0.167. The van der Waals surface area contributed by atoms with E-state index in [0.717, 1.165) is 24.3 Å². The number of aliphatic imine (C=N–C) groups is 1. The molecule has 0 bridgehead atoms. The lowest BCUT2D eigenvalue weighted by molar-refractivity contribution is -0.274. The van der Waals surface area contributed by atoms with Gasteiger partial charge >= 0.3 is 12.5 Å². The zero-order valence-corrected chi connectivity index (χ0v) is 16.8. The standard InChI is InChI=1S/C18H13F6N3O.HI/c19-17(20,21)13-5-1-3-12(11-13)4-2-10-26-16(25)27-14-6-8-15(9-7-14)28-18(22,23)24;/h1,3,5-9,11H,10H2,(H3,25,26,27);1H. The quantitative estimate of drug-likeness (QED) is 0.194. The molecule has 0 aliphatic carbocycles. The van der Waals surface area contributed by atoms with E-state index in [2.05, 4.69) is 26.9 Å². The third kappa shape index (κ3) is 8.95. The smallest absolute Gasteiger partial charge is 0.406 e. The molecule has 2 rings (SSSR count). The number of rotatable bonds is 3. The molecule has 0 aromatic heterocycles. The highest BCUT2D eigenvalue weighted by atomic mass is 127. The van der Waals surface area contributed by atoms with Gasteiger partial charge in [-0.3, -0.25) is 0 Å². The van der Waals surface area contributed by atoms with E-state index in [9.17, 15) is 26.3 Å². The number of guanidine groups is 1. The fourth-order valence-corrected chi connectivity index (χ4v) is 1.97. The molecule has 0 saturated carbocycles. The Balaban J connectivity index is 0.00000420. The summed E-state index contributed by atoms with van der Waals surface area (Å²) in [7, 11) is 0. The van der Waals surface area contributed by atoms with Gasteiger partial charge in [-0.15, -0.1) is 37.1 Å². The molecule has 3 N–H and O–H groups in total. The van der Waals surface area contributed by atoms with E-state index in [0.29, 0.717) is 5.69 Å². The van der Waals surface area contributed by atoms with Gasteiger partial charge in [0.2, 0.25) is 0 Å². The van der Waals surface area contributed by atoms with Crippen LogP contribution in [-0.2, 0) is 6.18 Å². The van der Waals surface area contributed by atoms with E-state index >= 15 is 0 Å². The second-order valence-corrected chi connectivity index (χ2v) is 5.28. The molecule has 4 nitrogen and oxygen atoms in total. The molecule has 156 valence electrons. The molecule has 0 amide bonds. The molecular weight excluding hydrogens is 515 g/mol. The number of anilines is 1. The van der Waals surface area contributed by atoms with Gasteiger partial charge in [-0.2, -0.15) is 13.2 Å². The summed E-state index contributed by atoms with van der Waals surface area (Å²) in [5.74, 6) is 4.65. The second kappa shape index (κ2) is 10.2. The van der Waals surface area contributed by atoms with Gasteiger partial charge in [-0.1, -0.05) is 17.9 Å². The molecule has 2 aromatic rings. The number of nitrogens with two attached hydrogens (primary N) is 1. The van der Waals surface area contributed by atoms with Crippen LogP contribution in [0.15, 0.2) is 53.5 Å². The van der Waals surface area contributed by atoms with Gasteiger partial charge in [0, 0.05) is 11.3 Å². The minimum absolute atomic E-state index is 0. The van der Waals surface area contributed by atoms with Gasteiger partial charge in [0.1, 0.15) is 12.3 Å². The van der Waals surface area contributed by atoms with Crippen molar-refractivity contribution in [3.63, 3.8) is 0 Å². The Morgan fingerprint density at radius 1 is 1.03 bits per heavy atom. The third-order valence-electron chi connectivity index (χ3n) is 3.11. The first-order chi connectivity index (χ1) is 13.0. The summed E-state index contributed by atoms with van der Waals surface area (Å²) < 4.78 is 77.8. The summed E-state index contributed by atoms with van der Waals surface area (Å²) in [4.78, 5) is 3.86. The number of halogens is 7. The summed E-state index contributed by atoms with van der Waals surface area (Å²) in [6, 6.07) is 9.33. The molecule has 0 atom stereocenters. The van der Waals surface area contributed by atoms with E-state index in [1.807, 2.05) is 0 Å². The van der Waals surface area contributed by atoms with Crippen molar-refractivity contribution in [1.29, 1.82) is 0 Å². The van der Waals surface area contributed by atoms with Crippen LogP contribution in [-0.4, -0.2) is 18.9 Å². The Labute approximate surface area is 179 Å². The van der Waals surface area contributed by atoms with Crippen LogP contribution in [0.1, 0.15) is 11.1 Å². The second-order valence-electron chi connectivity index (χ2n) is 5.28. The van der Waals surface area contributed by atoms with Crippen LogP contribution in [0.2, 0.25) is 0 Å². The summed E-state index contributed by atoms with van der Waals surface area (Å²) in [6.07, 6.45) is -9.24. The number of hydrogen-bond acceptors (Lipinski definition) is 2. The van der Waals surface area contributed by atoms with Crippen molar-refractivity contribution in [3.05, 3.63) is 59.7 Å². The number of nitrogens with zero attached hydrogens (tertiary/aromatic N) is 1. The Morgan fingerprint density at radius 3 is 2.28 bits per heavy atom. The van der Waals surface area contributed by atoms with Crippen molar-refractivity contribution in [2.45, 2.75) is 12.5 Å². The molecule has 2 aromatic carbocycles. The van der Waals surface area contributed by atoms with Gasteiger partial charge < -0.3 is 15.8 Å². The number of hydrogen-bond donors (Lipinski definition) is 2. The highest BCUT2D eigenvalue weighted by molar-refractivity contribution is 14.0. The average Bonchev–Trinajstić information content (AvgIpc) is 2.59. The average molecular weight is 529 g/mol. The van der Waals surface area contributed by atoms with Crippen LogP contribution < -0.4 is 15.8 Å². The Morgan fingerprint density at radius 2 is 1.69 bits per heavy atom. The Kier molecular flexibility index (Phi) is 8.62. The zero-order chi connectivity index (χ0) is 20.8. The molecule has 0 radical (unpaired) electrons. The maximum Gasteiger partial charge on any atom is 0.573 e. The minimum Gasteiger partial charge on any atom is -0.406 e. The van der Waals surface area contributed by atoms with Crippen LogP contribution in [0.25, 0.3) is 0 Å². The normalized spacial score (nSPS) is 11.7.